The van der Waals surface area contributed by atoms with E-state index in [4.69, 9.17) is 5.73 Å². The van der Waals surface area contributed by atoms with Gasteiger partial charge in [0.25, 0.3) is 0 Å². The quantitative estimate of drug-likeness (QED) is 0.635. The van der Waals surface area contributed by atoms with Crippen LogP contribution in [0.25, 0.3) is 0 Å². The molecule has 1 unspecified atom stereocenters. The molecule has 3 N–H and O–H groups in total. The predicted octanol–water partition coefficient (Wildman–Crippen LogP) is -0.360. The molecule has 1 amide bonds. The topological polar surface area (TPSA) is 92.9 Å². The third-order valence-corrected chi connectivity index (χ3v) is 3.34. The van der Waals surface area contributed by atoms with Gasteiger partial charge in [0, 0.05) is 12.6 Å². The Morgan fingerprint density at radius 3 is 2.44 bits per heavy atom. The first-order valence-electron chi connectivity index (χ1n) is 6.20. The van der Waals surface area contributed by atoms with Crippen LogP contribution in [0.1, 0.15) is 32.6 Å². The van der Waals surface area contributed by atoms with E-state index in [-0.39, 0.29) is 19.1 Å². The summed E-state index contributed by atoms with van der Waals surface area (Å²) in [5.74, 6) is -1.16. The van der Waals surface area contributed by atoms with Crippen molar-refractivity contribution in [3.63, 3.8) is 0 Å². The molecule has 1 saturated carbocycles. The van der Waals surface area contributed by atoms with E-state index < -0.39 is 17.5 Å². The second-order valence-corrected chi connectivity index (χ2v) is 5.08. The number of methoxy groups -OCH3 is 1. The lowest BCUT2D eigenvalue weighted by Gasteiger charge is -2.33. The van der Waals surface area contributed by atoms with Crippen LogP contribution in [-0.2, 0) is 14.3 Å². The average Bonchev–Trinajstić information content (AvgIpc) is 2.79. The van der Waals surface area contributed by atoms with Gasteiger partial charge in [0.05, 0.1) is 13.7 Å². The van der Waals surface area contributed by atoms with Crippen LogP contribution < -0.4 is 5.73 Å². The highest BCUT2D eigenvalue weighted by Crippen LogP contribution is 2.24. The molecule has 1 aliphatic carbocycles. The smallest absolute Gasteiger partial charge is 0.338 e. The molecule has 0 heterocycles. The zero-order chi connectivity index (χ0) is 13.8. The van der Waals surface area contributed by atoms with Crippen LogP contribution in [0.3, 0.4) is 0 Å². The van der Waals surface area contributed by atoms with Gasteiger partial charge in [-0.1, -0.05) is 12.8 Å². The summed E-state index contributed by atoms with van der Waals surface area (Å²) in [6.45, 7) is 1.51. The number of nitrogens with zero attached hydrogens (tertiary/aromatic N) is 1. The Labute approximate surface area is 107 Å². The molecule has 0 aliphatic heterocycles. The van der Waals surface area contributed by atoms with E-state index in [0.717, 1.165) is 25.7 Å². The van der Waals surface area contributed by atoms with Gasteiger partial charge < -0.3 is 15.6 Å². The number of amides is 1. The average molecular weight is 258 g/mol. The number of carbonyl (C=O) groups excluding carboxylic acids is 2. The Kier molecular flexibility index (Phi) is 5.10. The molecule has 1 aliphatic rings. The summed E-state index contributed by atoms with van der Waals surface area (Å²) >= 11 is 0. The van der Waals surface area contributed by atoms with Gasteiger partial charge in [-0.25, -0.2) is 4.79 Å². The Bertz CT molecular complexity index is 311. The standard InChI is InChI=1S/C12H22N2O4/c1-12(17,11(16)18-2)8-14(7-10(13)15)9-5-3-4-6-9/h9,17H,3-8H2,1-2H3,(H2,13,15). The van der Waals surface area contributed by atoms with E-state index in [0.29, 0.717) is 0 Å². The normalized spacial score (nSPS) is 19.8. The van der Waals surface area contributed by atoms with Crippen LogP contribution >= 0.6 is 0 Å². The summed E-state index contributed by atoms with van der Waals surface area (Å²) in [7, 11) is 1.23. The van der Waals surface area contributed by atoms with Gasteiger partial charge in [0.2, 0.25) is 5.91 Å². The lowest BCUT2D eigenvalue weighted by Crippen LogP contribution is -2.52. The third-order valence-electron chi connectivity index (χ3n) is 3.34. The number of ether oxygens (including phenoxy) is 1. The van der Waals surface area contributed by atoms with E-state index in [1.54, 1.807) is 4.90 Å². The van der Waals surface area contributed by atoms with Crippen molar-refractivity contribution in [2.45, 2.75) is 44.2 Å². The summed E-state index contributed by atoms with van der Waals surface area (Å²) in [5, 5.41) is 10.1. The van der Waals surface area contributed by atoms with Crippen molar-refractivity contribution in [2.24, 2.45) is 5.73 Å². The number of rotatable bonds is 6. The van der Waals surface area contributed by atoms with Crippen molar-refractivity contribution in [2.75, 3.05) is 20.2 Å². The molecule has 1 atom stereocenters. The van der Waals surface area contributed by atoms with Crippen LogP contribution in [0.4, 0.5) is 0 Å². The first kappa shape index (κ1) is 14.9. The van der Waals surface area contributed by atoms with E-state index >= 15 is 0 Å². The van der Waals surface area contributed by atoms with E-state index in [1.165, 1.54) is 14.0 Å². The van der Waals surface area contributed by atoms with Gasteiger partial charge in [0.15, 0.2) is 5.60 Å². The highest BCUT2D eigenvalue weighted by Gasteiger charge is 2.36. The molecule has 18 heavy (non-hydrogen) atoms. The molecule has 6 nitrogen and oxygen atoms in total. The fourth-order valence-corrected chi connectivity index (χ4v) is 2.46. The molecule has 0 radical (unpaired) electrons. The molecular weight excluding hydrogens is 236 g/mol. The number of hydrogen-bond donors (Lipinski definition) is 2. The maximum atomic E-state index is 11.5. The number of esters is 1. The Balaban J connectivity index is 2.70. The second kappa shape index (κ2) is 6.15. The third kappa shape index (κ3) is 3.96. The van der Waals surface area contributed by atoms with E-state index in [1.807, 2.05) is 0 Å². The zero-order valence-electron chi connectivity index (χ0n) is 11.0. The maximum Gasteiger partial charge on any atom is 0.338 e. The molecule has 1 rings (SSSR count). The maximum absolute atomic E-state index is 11.5. The SMILES string of the molecule is COC(=O)C(C)(O)CN(CC(N)=O)C1CCCC1. The zero-order valence-corrected chi connectivity index (χ0v) is 11.0. The number of nitrogens with two attached hydrogens (primary N) is 1. The van der Waals surface area contributed by atoms with Crippen LogP contribution in [0.2, 0.25) is 0 Å². The second-order valence-electron chi connectivity index (χ2n) is 5.08. The van der Waals surface area contributed by atoms with Gasteiger partial charge in [0.1, 0.15) is 0 Å². The fourth-order valence-electron chi connectivity index (χ4n) is 2.46. The minimum Gasteiger partial charge on any atom is -0.467 e. The van der Waals surface area contributed by atoms with Gasteiger partial charge in [-0.05, 0) is 19.8 Å². The van der Waals surface area contributed by atoms with Crippen molar-refractivity contribution < 1.29 is 19.4 Å². The largest absolute Gasteiger partial charge is 0.467 e. The van der Waals surface area contributed by atoms with Gasteiger partial charge >= 0.3 is 5.97 Å². The lowest BCUT2D eigenvalue weighted by molar-refractivity contribution is -0.163. The van der Waals surface area contributed by atoms with Crippen molar-refractivity contribution >= 4 is 11.9 Å². The minimum absolute atomic E-state index is 0.0534. The first-order chi connectivity index (χ1) is 8.36. The summed E-state index contributed by atoms with van der Waals surface area (Å²) in [5.41, 5.74) is 3.59. The highest BCUT2D eigenvalue weighted by molar-refractivity contribution is 5.79. The fraction of sp³-hybridized carbons (Fsp3) is 0.833. The van der Waals surface area contributed by atoms with E-state index in [2.05, 4.69) is 4.74 Å². The van der Waals surface area contributed by atoms with E-state index in [9.17, 15) is 14.7 Å². The van der Waals surface area contributed by atoms with Crippen molar-refractivity contribution in [1.29, 1.82) is 0 Å². The van der Waals surface area contributed by atoms with Crippen molar-refractivity contribution in [3.05, 3.63) is 0 Å². The molecule has 6 heteroatoms. The van der Waals surface area contributed by atoms with Gasteiger partial charge in [-0.2, -0.15) is 0 Å². The van der Waals surface area contributed by atoms with Gasteiger partial charge in [-0.15, -0.1) is 0 Å². The van der Waals surface area contributed by atoms with Gasteiger partial charge in [-0.3, -0.25) is 9.69 Å². The summed E-state index contributed by atoms with van der Waals surface area (Å²) in [6, 6.07) is 0.202. The number of aliphatic hydroxyl groups is 1. The molecule has 0 spiro atoms. The molecule has 0 aromatic carbocycles. The summed E-state index contributed by atoms with van der Waals surface area (Å²) in [4.78, 5) is 24.3. The predicted molar refractivity (Wildman–Crippen MR) is 65.7 cm³/mol. The molecule has 0 aromatic heterocycles. The number of hydrogen-bond acceptors (Lipinski definition) is 5. The molecular formula is C12H22N2O4. The van der Waals surface area contributed by atoms with Crippen LogP contribution in [0.15, 0.2) is 0 Å². The Morgan fingerprint density at radius 2 is 2.00 bits per heavy atom. The summed E-state index contributed by atoms with van der Waals surface area (Å²) in [6.07, 6.45) is 4.12. The molecule has 1 fully saturated rings. The first-order valence-corrected chi connectivity index (χ1v) is 6.20. The Hall–Kier alpha value is -1.14. The lowest BCUT2D eigenvalue weighted by atomic mass is 10.0. The minimum atomic E-state index is -1.62. The number of primary amides is 1. The Morgan fingerprint density at radius 1 is 1.44 bits per heavy atom. The highest BCUT2D eigenvalue weighted by atomic mass is 16.5. The molecule has 0 aromatic rings. The monoisotopic (exact) mass is 258 g/mol. The van der Waals surface area contributed by atoms with Crippen LogP contribution in [0.5, 0.6) is 0 Å². The van der Waals surface area contributed by atoms with Crippen molar-refractivity contribution in [3.8, 4) is 0 Å². The number of carbonyl (C=O) groups is 2. The molecule has 0 saturated heterocycles. The molecule has 0 bridgehead atoms. The van der Waals surface area contributed by atoms with Crippen LogP contribution in [0, 0.1) is 0 Å². The molecule has 104 valence electrons. The van der Waals surface area contributed by atoms with Crippen molar-refractivity contribution in [1.82, 2.24) is 4.90 Å². The summed E-state index contributed by atoms with van der Waals surface area (Å²) < 4.78 is 4.55. The van der Waals surface area contributed by atoms with Crippen LogP contribution in [-0.4, -0.2) is 53.7 Å².